The Balaban J connectivity index is 1.40. The van der Waals surface area contributed by atoms with Gasteiger partial charge in [0.15, 0.2) is 5.13 Å². The Labute approximate surface area is 158 Å². The van der Waals surface area contributed by atoms with Crippen LogP contribution in [0.5, 0.6) is 0 Å². The van der Waals surface area contributed by atoms with Gasteiger partial charge in [0.1, 0.15) is 5.82 Å². The second kappa shape index (κ2) is 6.92. The van der Waals surface area contributed by atoms with Crippen molar-refractivity contribution < 1.29 is 14.0 Å². The molecular formula is C18H16FN5O2S. The summed E-state index contributed by atoms with van der Waals surface area (Å²) in [5, 5.41) is 13.3. The molecule has 0 saturated carbocycles. The summed E-state index contributed by atoms with van der Waals surface area (Å²) in [6, 6.07) is 5.92. The number of nitrogens with zero attached hydrogens (tertiary/aromatic N) is 4. The highest BCUT2D eigenvalue weighted by atomic mass is 32.1. The minimum atomic E-state index is -0.738. The minimum absolute atomic E-state index is 0.317. The monoisotopic (exact) mass is 385 g/mol. The third kappa shape index (κ3) is 3.45. The van der Waals surface area contributed by atoms with E-state index in [0.29, 0.717) is 17.3 Å². The number of halogens is 1. The Hall–Kier alpha value is -3.07. The van der Waals surface area contributed by atoms with E-state index in [2.05, 4.69) is 20.6 Å². The third-order valence-corrected chi connectivity index (χ3v) is 5.14. The first-order chi connectivity index (χ1) is 13.0. The van der Waals surface area contributed by atoms with Gasteiger partial charge < -0.3 is 4.84 Å². The SMILES string of the molecule is Cc1c(-c2csc(NC(=O)C3CC(c4ccc(F)cc4)=NO3)n2)cnn1C. The zero-order valence-electron chi connectivity index (χ0n) is 14.6. The lowest BCUT2D eigenvalue weighted by Gasteiger charge is -2.07. The Bertz CT molecular complexity index is 1020. The molecule has 0 radical (unpaired) electrons. The van der Waals surface area contributed by atoms with Crippen LogP contribution in [-0.4, -0.2) is 32.5 Å². The van der Waals surface area contributed by atoms with E-state index >= 15 is 0 Å². The Morgan fingerprint density at radius 3 is 2.85 bits per heavy atom. The first-order valence-corrected chi connectivity index (χ1v) is 9.13. The van der Waals surface area contributed by atoms with Crippen molar-refractivity contribution in [3.8, 4) is 11.3 Å². The van der Waals surface area contributed by atoms with Crippen molar-refractivity contribution >= 4 is 28.1 Å². The smallest absolute Gasteiger partial charge is 0.270 e. The second-order valence-corrected chi connectivity index (χ2v) is 7.00. The maximum absolute atomic E-state index is 13.0. The summed E-state index contributed by atoms with van der Waals surface area (Å²) in [5.41, 5.74) is 4.02. The standard InChI is InChI=1S/C18H16FN5O2S/c1-10-13(8-20-24(10)2)15-9-27-18(21-15)22-17(25)16-7-14(23-26-16)11-3-5-12(19)6-4-11/h3-6,8-9,16H,7H2,1-2H3,(H,21,22,25). The van der Waals surface area contributed by atoms with Crippen LogP contribution in [-0.2, 0) is 16.7 Å². The van der Waals surface area contributed by atoms with Gasteiger partial charge in [-0.05, 0) is 24.6 Å². The number of oxime groups is 1. The summed E-state index contributed by atoms with van der Waals surface area (Å²) in [7, 11) is 1.87. The van der Waals surface area contributed by atoms with Crippen LogP contribution in [0.4, 0.5) is 9.52 Å². The van der Waals surface area contributed by atoms with Crippen LogP contribution < -0.4 is 5.32 Å². The number of thiazole rings is 1. The zero-order chi connectivity index (χ0) is 19.0. The number of nitrogens with one attached hydrogen (secondary N) is 1. The molecule has 0 spiro atoms. The maximum Gasteiger partial charge on any atom is 0.270 e. The van der Waals surface area contributed by atoms with Gasteiger partial charge in [0.2, 0.25) is 6.10 Å². The van der Waals surface area contributed by atoms with Crippen molar-refractivity contribution in [2.45, 2.75) is 19.4 Å². The summed E-state index contributed by atoms with van der Waals surface area (Å²) >= 11 is 1.33. The molecule has 0 aliphatic carbocycles. The number of hydrogen-bond acceptors (Lipinski definition) is 6. The number of aryl methyl sites for hydroxylation is 1. The van der Waals surface area contributed by atoms with E-state index in [4.69, 9.17) is 4.84 Å². The van der Waals surface area contributed by atoms with Crippen LogP contribution in [0.15, 0.2) is 41.0 Å². The van der Waals surface area contributed by atoms with Gasteiger partial charge >= 0.3 is 0 Å². The van der Waals surface area contributed by atoms with E-state index in [-0.39, 0.29) is 11.7 Å². The van der Waals surface area contributed by atoms with Gasteiger partial charge in [0.25, 0.3) is 5.91 Å². The van der Waals surface area contributed by atoms with E-state index in [1.54, 1.807) is 23.0 Å². The first kappa shape index (κ1) is 17.3. The molecule has 2 aromatic heterocycles. The van der Waals surface area contributed by atoms with Crippen LogP contribution in [0.1, 0.15) is 17.7 Å². The number of carbonyl (C=O) groups excluding carboxylic acids is 1. The minimum Gasteiger partial charge on any atom is -0.382 e. The molecule has 0 saturated heterocycles. The maximum atomic E-state index is 13.0. The van der Waals surface area contributed by atoms with Gasteiger partial charge in [-0.15, -0.1) is 11.3 Å². The lowest BCUT2D eigenvalue weighted by molar-refractivity contribution is -0.125. The lowest BCUT2D eigenvalue weighted by atomic mass is 10.0. The highest BCUT2D eigenvalue weighted by molar-refractivity contribution is 7.14. The number of anilines is 1. The Kier molecular flexibility index (Phi) is 4.44. The van der Waals surface area contributed by atoms with E-state index in [0.717, 1.165) is 22.5 Å². The molecule has 1 aliphatic heterocycles. The number of benzene rings is 1. The van der Waals surface area contributed by atoms with Crippen molar-refractivity contribution in [3.63, 3.8) is 0 Å². The van der Waals surface area contributed by atoms with Crippen molar-refractivity contribution in [2.75, 3.05) is 5.32 Å². The van der Waals surface area contributed by atoms with E-state index in [9.17, 15) is 9.18 Å². The molecule has 7 nitrogen and oxygen atoms in total. The van der Waals surface area contributed by atoms with Crippen LogP contribution in [0.2, 0.25) is 0 Å². The van der Waals surface area contributed by atoms with Gasteiger partial charge in [0, 0.05) is 30.1 Å². The van der Waals surface area contributed by atoms with Crippen molar-refractivity contribution in [1.29, 1.82) is 0 Å². The van der Waals surface area contributed by atoms with Crippen molar-refractivity contribution in [1.82, 2.24) is 14.8 Å². The third-order valence-electron chi connectivity index (χ3n) is 4.38. The molecule has 1 N–H and O–H groups in total. The van der Waals surface area contributed by atoms with Gasteiger partial charge in [-0.1, -0.05) is 17.3 Å². The fourth-order valence-electron chi connectivity index (χ4n) is 2.72. The lowest BCUT2D eigenvalue weighted by Crippen LogP contribution is -2.28. The highest BCUT2D eigenvalue weighted by Crippen LogP contribution is 2.27. The van der Waals surface area contributed by atoms with Crippen LogP contribution in [0, 0.1) is 12.7 Å². The van der Waals surface area contributed by atoms with Gasteiger partial charge in [-0.2, -0.15) is 5.10 Å². The molecule has 3 heterocycles. The van der Waals surface area contributed by atoms with Gasteiger partial charge in [-0.3, -0.25) is 14.8 Å². The van der Waals surface area contributed by atoms with Crippen LogP contribution in [0.25, 0.3) is 11.3 Å². The predicted octanol–water partition coefficient (Wildman–Crippen LogP) is 3.12. The van der Waals surface area contributed by atoms with Crippen molar-refractivity contribution in [2.24, 2.45) is 12.2 Å². The predicted molar refractivity (Wildman–Crippen MR) is 100 cm³/mol. The molecule has 0 bridgehead atoms. The zero-order valence-corrected chi connectivity index (χ0v) is 15.5. The first-order valence-electron chi connectivity index (χ1n) is 8.25. The number of aromatic nitrogens is 3. The van der Waals surface area contributed by atoms with E-state index in [1.165, 1.54) is 23.5 Å². The molecule has 9 heteroatoms. The molecule has 3 aromatic rings. The summed E-state index contributed by atoms with van der Waals surface area (Å²) in [6.45, 7) is 1.96. The van der Waals surface area contributed by atoms with E-state index in [1.807, 2.05) is 19.4 Å². The molecular weight excluding hydrogens is 369 g/mol. The molecule has 1 aliphatic rings. The molecule has 1 atom stereocenters. The summed E-state index contributed by atoms with van der Waals surface area (Å²) in [6.07, 6.45) is 1.33. The number of amides is 1. The average molecular weight is 385 g/mol. The van der Waals surface area contributed by atoms with Gasteiger partial charge in [-0.25, -0.2) is 9.37 Å². The molecule has 1 unspecified atom stereocenters. The van der Waals surface area contributed by atoms with E-state index < -0.39 is 6.10 Å². The van der Waals surface area contributed by atoms with Gasteiger partial charge in [0.05, 0.1) is 17.6 Å². The normalized spacial score (nSPS) is 16.1. The summed E-state index contributed by atoms with van der Waals surface area (Å²) in [5.74, 6) is -0.643. The molecule has 4 rings (SSSR count). The second-order valence-electron chi connectivity index (χ2n) is 6.14. The fourth-order valence-corrected chi connectivity index (χ4v) is 3.44. The number of rotatable bonds is 4. The van der Waals surface area contributed by atoms with Crippen LogP contribution >= 0.6 is 11.3 Å². The molecule has 1 aromatic carbocycles. The van der Waals surface area contributed by atoms with Crippen molar-refractivity contribution in [3.05, 3.63) is 52.9 Å². The number of hydrogen-bond donors (Lipinski definition) is 1. The highest BCUT2D eigenvalue weighted by Gasteiger charge is 2.29. The largest absolute Gasteiger partial charge is 0.382 e. The molecule has 138 valence electrons. The average Bonchev–Trinajstić information content (AvgIpc) is 3.38. The molecule has 0 fully saturated rings. The summed E-state index contributed by atoms with van der Waals surface area (Å²) < 4.78 is 14.8. The number of carbonyl (C=O) groups is 1. The Morgan fingerprint density at radius 2 is 2.15 bits per heavy atom. The van der Waals surface area contributed by atoms with Crippen LogP contribution in [0.3, 0.4) is 0 Å². The summed E-state index contributed by atoms with van der Waals surface area (Å²) in [4.78, 5) is 22.1. The fraction of sp³-hybridized carbons (Fsp3) is 0.222. The molecule has 27 heavy (non-hydrogen) atoms. The quantitative estimate of drug-likeness (QED) is 0.748. The topological polar surface area (TPSA) is 81.4 Å². The Morgan fingerprint density at radius 1 is 1.37 bits per heavy atom. The molecule has 1 amide bonds.